The topological polar surface area (TPSA) is 56.2 Å². The highest BCUT2D eigenvalue weighted by atomic mass is 15.1. The normalized spacial score (nSPS) is 10.9. The molecule has 2 heterocycles. The van der Waals surface area contributed by atoms with Crippen LogP contribution in [0.25, 0.3) is 28.2 Å². The van der Waals surface area contributed by atoms with E-state index in [2.05, 4.69) is 9.97 Å². The highest BCUT2D eigenvalue weighted by Crippen LogP contribution is 2.24. The first-order chi connectivity index (χ1) is 10.8. The van der Waals surface area contributed by atoms with Gasteiger partial charge in [0.2, 0.25) is 0 Å². The van der Waals surface area contributed by atoms with Gasteiger partial charge in [0.15, 0.2) is 11.5 Å². The molecule has 4 aromatic rings. The largest absolute Gasteiger partial charge is 0.381 e. The molecule has 0 aliphatic carbocycles. The summed E-state index contributed by atoms with van der Waals surface area (Å²) in [5.74, 6) is 0.434. The fourth-order valence-corrected chi connectivity index (χ4v) is 2.52. The van der Waals surface area contributed by atoms with E-state index in [0.717, 1.165) is 22.5 Å². The van der Waals surface area contributed by atoms with Crippen LogP contribution in [0.5, 0.6) is 0 Å². The Bertz CT molecular complexity index is 927. The first-order valence-electron chi connectivity index (χ1n) is 7.07. The summed E-state index contributed by atoms with van der Waals surface area (Å²) in [5.41, 5.74) is 10.6. The lowest BCUT2D eigenvalue weighted by atomic mass is 10.2. The lowest BCUT2D eigenvalue weighted by Crippen LogP contribution is -1.98. The van der Waals surface area contributed by atoms with Crippen LogP contribution in [-0.4, -0.2) is 14.4 Å². The first-order valence-corrected chi connectivity index (χ1v) is 7.07. The lowest BCUT2D eigenvalue weighted by Gasteiger charge is -2.03. The molecule has 0 spiro atoms. The molecule has 0 saturated heterocycles. The Hall–Kier alpha value is -3.14. The molecule has 0 bridgehead atoms. The summed E-state index contributed by atoms with van der Waals surface area (Å²) in [6, 6.07) is 20.0. The van der Waals surface area contributed by atoms with E-state index in [1.54, 1.807) is 0 Å². The molecule has 0 atom stereocenters. The SMILES string of the molecule is Nc1nc(-c2ccccc2)cn2cc(-c3ccccc3)nc12. The molecule has 4 nitrogen and oxygen atoms in total. The number of imidazole rings is 1. The molecular weight excluding hydrogens is 272 g/mol. The van der Waals surface area contributed by atoms with Gasteiger partial charge in [0, 0.05) is 23.5 Å². The maximum Gasteiger partial charge on any atom is 0.180 e. The van der Waals surface area contributed by atoms with Crippen LogP contribution in [0.1, 0.15) is 0 Å². The zero-order chi connectivity index (χ0) is 14.9. The van der Waals surface area contributed by atoms with Crippen LogP contribution in [0.4, 0.5) is 5.82 Å². The fraction of sp³-hybridized carbons (Fsp3) is 0. The van der Waals surface area contributed by atoms with Crippen molar-refractivity contribution >= 4 is 11.5 Å². The van der Waals surface area contributed by atoms with Crippen molar-refractivity contribution in [3.63, 3.8) is 0 Å². The van der Waals surface area contributed by atoms with Crippen LogP contribution in [0.15, 0.2) is 73.1 Å². The quantitative estimate of drug-likeness (QED) is 0.612. The third kappa shape index (κ3) is 2.11. The number of hydrogen-bond donors (Lipinski definition) is 1. The van der Waals surface area contributed by atoms with Crippen molar-refractivity contribution in [3.8, 4) is 22.5 Å². The highest BCUT2D eigenvalue weighted by molar-refractivity contribution is 5.71. The van der Waals surface area contributed by atoms with Gasteiger partial charge in [0.25, 0.3) is 0 Å². The number of aromatic nitrogens is 3. The number of rotatable bonds is 2. The van der Waals surface area contributed by atoms with E-state index in [1.165, 1.54) is 0 Å². The number of nitrogens with zero attached hydrogens (tertiary/aromatic N) is 3. The molecule has 0 radical (unpaired) electrons. The predicted molar refractivity (Wildman–Crippen MR) is 88.3 cm³/mol. The van der Waals surface area contributed by atoms with E-state index in [-0.39, 0.29) is 0 Å². The van der Waals surface area contributed by atoms with Gasteiger partial charge in [0.1, 0.15) is 0 Å². The van der Waals surface area contributed by atoms with Crippen LogP contribution in [-0.2, 0) is 0 Å². The minimum Gasteiger partial charge on any atom is -0.381 e. The summed E-state index contributed by atoms with van der Waals surface area (Å²) >= 11 is 0. The first kappa shape index (κ1) is 12.6. The summed E-state index contributed by atoms with van der Waals surface area (Å²) in [6.07, 6.45) is 3.94. The van der Waals surface area contributed by atoms with Gasteiger partial charge in [-0.15, -0.1) is 0 Å². The molecule has 0 amide bonds. The van der Waals surface area contributed by atoms with E-state index in [1.807, 2.05) is 77.5 Å². The Morgan fingerprint density at radius 1 is 0.682 bits per heavy atom. The van der Waals surface area contributed by atoms with Crippen molar-refractivity contribution in [2.45, 2.75) is 0 Å². The van der Waals surface area contributed by atoms with Crippen LogP contribution in [0, 0.1) is 0 Å². The molecule has 0 aliphatic heterocycles. The zero-order valence-electron chi connectivity index (χ0n) is 11.8. The van der Waals surface area contributed by atoms with E-state index in [9.17, 15) is 0 Å². The molecule has 0 saturated carbocycles. The maximum atomic E-state index is 6.09. The summed E-state index contributed by atoms with van der Waals surface area (Å²) < 4.78 is 1.94. The molecule has 0 fully saturated rings. The van der Waals surface area contributed by atoms with Crippen molar-refractivity contribution in [3.05, 3.63) is 73.1 Å². The van der Waals surface area contributed by atoms with Gasteiger partial charge in [-0.25, -0.2) is 9.97 Å². The van der Waals surface area contributed by atoms with Gasteiger partial charge in [-0.3, -0.25) is 0 Å². The maximum absolute atomic E-state index is 6.09. The number of fused-ring (bicyclic) bond motifs is 1. The molecule has 106 valence electrons. The average molecular weight is 286 g/mol. The molecule has 2 aromatic heterocycles. The Morgan fingerprint density at radius 3 is 1.73 bits per heavy atom. The lowest BCUT2D eigenvalue weighted by molar-refractivity contribution is 1.14. The Morgan fingerprint density at radius 2 is 1.18 bits per heavy atom. The third-order valence-corrected chi connectivity index (χ3v) is 3.60. The van der Waals surface area contributed by atoms with E-state index < -0.39 is 0 Å². The van der Waals surface area contributed by atoms with E-state index in [4.69, 9.17) is 5.73 Å². The van der Waals surface area contributed by atoms with Gasteiger partial charge in [0.05, 0.1) is 11.4 Å². The van der Waals surface area contributed by atoms with Gasteiger partial charge >= 0.3 is 0 Å². The number of nitrogen functional groups attached to an aromatic ring is 1. The second kappa shape index (κ2) is 5.00. The summed E-state index contributed by atoms with van der Waals surface area (Å²) in [5, 5.41) is 0. The summed E-state index contributed by atoms with van der Waals surface area (Å²) in [7, 11) is 0. The second-order valence-corrected chi connectivity index (χ2v) is 5.10. The molecule has 2 N–H and O–H groups in total. The number of anilines is 1. The van der Waals surface area contributed by atoms with Crippen molar-refractivity contribution in [2.24, 2.45) is 0 Å². The monoisotopic (exact) mass is 286 g/mol. The van der Waals surface area contributed by atoms with Crippen molar-refractivity contribution < 1.29 is 0 Å². The standard InChI is InChI=1S/C18H14N4/c19-17-18-21-16(14-9-5-2-6-10-14)12-22(18)11-15(20-17)13-7-3-1-4-8-13/h1-12H,(H2,19,20). The van der Waals surface area contributed by atoms with Crippen LogP contribution < -0.4 is 5.73 Å². The summed E-state index contributed by atoms with van der Waals surface area (Å²) in [6.45, 7) is 0. The Labute approximate surface area is 127 Å². The number of nitrogens with two attached hydrogens (primary N) is 1. The average Bonchev–Trinajstić information content (AvgIpc) is 3.01. The minimum absolute atomic E-state index is 0.434. The number of benzene rings is 2. The molecule has 22 heavy (non-hydrogen) atoms. The van der Waals surface area contributed by atoms with E-state index in [0.29, 0.717) is 11.5 Å². The number of hydrogen-bond acceptors (Lipinski definition) is 3. The molecule has 4 rings (SSSR count). The fourth-order valence-electron chi connectivity index (χ4n) is 2.52. The van der Waals surface area contributed by atoms with Gasteiger partial charge in [-0.2, -0.15) is 0 Å². The minimum atomic E-state index is 0.434. The van der Waals surface area contributed by atoms with Crippen molar-refractivity contribution in [2.75, 3.05) is 5.73 Å². The summed E-state index contributed by atoms with van der Waals surface area (Å²) in [4.78, 5) is 9.07. The van der Waals surface area contributed by atoms with Gasteiger partial charge in [-0.1, -0.05) is 60.7 Å². The van der Waals surface area contributed by atoms with Crippen LogP contribution >= 0.6 is 0 Å². The zero-order valence-corrected chi connectivity index (χ0v) is 11.8. The predicted octanol–water partition coefficient (Wildman–Crippen LogP) is 3.65. The molecule has 0 unspecified atom stereocenters. The molecule has 2 aromatic carbocycles. The third-order valence-electron chi connectivity index (χ3n) is 3.60. The van der Waals surface area contributed by atoms with Crippen molar-refractivity contribution in [1.29, 1.82) is 0 Å². The molecule has 4 heteroatoms. The molecular formula is C18H14N4. The van der Waals surface area contributed by atoms with Crippen LogP contribution in [0.3, 0.4) is 0 Å². The van der Waals surface area contributed by atoms with E-state index >= 15 is 0 Å². The van der Waals surface area contributed by atoms with Crippen molar-refractivity contribution in [1.82, 2.24) is 14.4 Å². The molecule has 0 aliphatic rings. The van der Waals surface area contributed by atoms with Gasteiger partial charge in [-0.05, 0) is 0 Å². The smallest absolute Gasteiger partial charge is 0.180 e. The van der Waals surface area contributed by atoms with Crippen LogP contribution in [0.2, 0.25) is 0 Å². The second-order valence-electron chi connectivity index (χ2n) is 5.10. The Balaban J connectivity index is 1.88. The Kier molecular flexibility index (Phi) is 2.86. The van der Waals surface area contributed by atoms with Gasteiger partial charge < -0.3 is 10.1 Å². The highest BCUT2D eigenvalue weighted by Gasteiger charge is 2.10.